The average molecular weight is 333 g/mol. The number of pyridine rings is 1. The predicted molar refractivity (Wildman–Crippen MR) is 106 cm³/mol. The standard InChI is InChI=1S/C25H19N/c1-18-16-17-23-24(26-18)21-14-8-9-15-22(21)25(23,19-10-4-2-5-11-19)20-12-6-3-7-13-20/h2-17H,1H3. The molecule has 0 bridgehead atoms. The Hall–Kier alpha value is -3.19. The van der Waals surface area contributed by atoms with Gasteiger partial charge in [-0.1, -0.05) is 91.0 Å². The van der Waals surface area contributed by atoms with Crippen LogP contribution in [0.2, 0.25) is 0 Å². The third kappa shape index (κ3) is 1.94. The van der Waals surface area contributed by atoms with Crippen molar-refractivity contribution in [3.8, 4) is 11.3 Å². The zero-order valence-corrected chi connectivity index (χ0v) is 14.7. The first kappa shape index (κ1) is 15.1. The number of nitrogens with zero attached hydrogens (tertiary/aromatic N) is 1. The van der Waals surface area contributed by atoms with Gasteiger partial charge in [-0.05, 0) is 35.2 Å². The third-order valence-corrected chi connectivity index (χ3v) is 5.44. The molecule has 1 aliphatic rings. The van der Waals surface area contributed by atoms with E-state index < -0.39 is 0 Å². The Balaban J connectivity index is 1.98. The Morgan fingerprint density at radius 1 is 0.577 bits per heavy atom. The first-order valence-electron chi connectivity index (χ1n) is 9.01. The lowest BCUT2D eigenvalue weighted by atomic mass is 9.68. The molecule has 1 heterocycles. The summed E-state index contributed by atoms with van der Waals surface area (Å²) in [5, 5.41) is 0. The van der Waals surface area contributed by atoms with Gasteiger partial charge in [0.1, 0.15) is 0 Å². The number of rotatable bonds is 2. The smallest absolute Gasteiger partial charge is 0.0756 e. The fourth-order valence-electron chi connectivity index (χ4n) is 4.39. The lowest BCUT2D eigenvalue weighted by Crippen LogP contribution is -2.28. The van der Waals surface area contributed by atoms with E-state index in [0.29, 0.717) is 0 Å². The zero-order valence-electron chi connectivity index (χ0n) is 14.7. The van der Waals surface area contributed by atoms with Crippen molar-refractivity contribution in [3.05, 3.63) is 125 Å². The summed E-state index contributed by atoms with van der Waals surface area (Å²) in [7, 11) is 0. The maximum absolute atomic E-state index is 4.94. The van der Waals surface area contributed by atoms with Crippen molar-refractivity contribution in [1.82, 2.24) is 4.98 Å². The first-order valence-corrected chi connectivity index (χ1v) is 9.01. The molecule has 5 rings (SSSR count). The average Bonchev–Trinajstić information content (AvgIpc) is 3.00. The molecular formula is C25H19N. The van der Waals surface area contributed by atoms with Crippen molar-refractivity contribution in [3.63, 3.8) is 0 Å². The maximum Gasteiger partial charge on any atom is 0.0756 e. The van der Waals surface area contributed by atoms with Crippen molar-refractivity contribution in [1.29, 1.82) is 0 Å². The molecule has 1 aromatic heterocycles. The SMILES string of the molecule is Cc1ccc2c(n1)-c1ccccc1C2(c1ccccc1)c1ccccc1. The van der Waals surface area contributed by atoms with E-state index in [4.69, 9.17) is 4.98 Å². The van der Waals surface area contributed by atoms with Crippen LogP contribution in [0.1, 0.15) is 27.9 Å². The topological polar surface area (TPSA) is 12.9 Å². The van der Waals surface area contributed by atoms with E-state index in [2.05, 4.69) is 104 Å². The van der Waals surface area contributed by atoms with Crippen molar-refractivity contribution in [2.24, 2.45) is 0 Å². The molecule has 26 heavy (non-hydrogen) atoms. The zero-order chi connectivity index (χ0) is 17.6. The molecule has 0 atom stereocenters. The predicted octanol–water partition coefficient (Wildman–Crippen LogP) is 5.75. The van der Waals surface area contributed by atoms with Crippen LogP contribution in [-0.2, 0) is 5.41 Å². The molecule has 0 fully saturated rings. The molecule has 0 unspecified atom stereocenters. The summed E-state index contributed by atoms with van der Waals surface area (Å²) in [4.78, 5) is 4.94. The molecule has 4 aromatic rings. The van der Waals surface area contributed by atoms with E-state index in [0.717, 1.165) is 11.4 Å². The van der Waals surface area contributed by atoms with Crippen molar-refractivity contribution in [2.45, 2.75) is 12.3 Å². The molecule has 0 saturated carbocycles. The molecule has 3 aromatic carbocycles. The summed E-state index contributed by atoms with van der Waals surface area (Å²) in [6.07, 6.45) is 0. The minimum Gasteiger partial charge on any atom is -0.253 e. The van der Waals surface area contributed by atoms with Gasteiger partial charge in [0.15, 0.2) is 0 Å². The molecule has 0 saturated heterocycles. The van der Waals surface area contributed by atoms with Gasteiger partial charge in [-0.15, -0.1) is 0 Å². The quantitative estimate of drug-likeness (QED) is 0.400. The van der Waals surface area contributed by atoms with Crippen LogP contribution in [0.5, 0.6) is 0 Å². The first-order chi connectivity index (χ1) is 12.8. The van der Waals surface area contributed by atoms with Crippen LogP contribution in [0.3, 0.4) is 0 Å². The van der Waals surface area contributed by atoms with Gasteiger partial charge in [0, 0.05) is 11.3 Å². The number of fused-ring (bicyclic) bond motifs is 3. The largest absolute Gasteiger partial charge is 0.253 e. The van der Waals surface area contributed by atoms with E-state index in [1.54, 1.807) is 0 Å². The van der Waals surface area contributed by atoms with Gasteiger partial charge < -0.3 is 0 Å². The van der Waals surface area contributed by atoms with E-state index in [9.17, 15) is 0 Å². The van der Waals surface area contributed by atoms with Crippen molar-refractivity contribution < 1.29 is 0 Å². The second kappa shape index (κ2) is 5.67. The lowest BCUT2D eigenvalue weighted by Gasteiger charge is -2.33. The summed E-state index contributed by atoms with van der Waals surface area (Å²) < 4.78 is 0. The van der Waals surface area contributed by atoms with Crippen LogP contribution in [-0.4, -0.2) is 4.98 Å². The Kier molecular flexibility index (Phi) is 3.29. The van der Waals surface area contributed by atoms with Crippen LogP contribution in [0, 0.1) is 6.92 Å². The maximum atomic E-state index is 4.94. The molecule has 124 valence electrons. The van der Waals surface area contributed by atoms with Crippen LogP contribution in [0.4, 0.5) is 0 Å². The molecule has 0 aliphatic heterocycles. The number of benzene rings is 3. The second-order valence-electron chi connectivity index (χ2n) is 6.88. The van der Waals surface area contributed by atoms with Gasteiger partial charge in [-0.25, -0.2) is 0 Å². The molecule has 0 radical (unpaired) electrons. The van der Waals surface area contributed by atoms with E-state index in [1.165, 1.54) is 27.8 Å². The van der Waals surface area contributed by atoms with Gasteiger partial charge in [-0.2, -0.15) is 0 Å². The molecule has 1 nitrogen and oxygen atoms in total. The van der Waals surface area contributed by atoms with Crippen LogP contribution < -0.4 is 0 Å². The highest BCUT2D eigenvalue weighted by Gasteiger charge is 2.46. The van der Waals surface area contributed by atoms with Gasteiger partial charge in [0.25, 0.3) is 0 Å². The van der Waals surface area contributed by atoms with Gasteiger partial charge in [0.2, 0.25) is 0 Å². The molecular weight excluding hydrogens is 314 g/mol. The Morgan fingerprint density at radius 2 is 1.15 bits per heavy atom. The van der Waals surface area contributed by atoms with Gasteiger partial charge in [0.05, 0.1) is 11.1 Å². The van der Waals surface area contributed by atoms with Crippen LogP contribution in [0.15, 0.2) is 97.1 Å². The molecule has 0 N–H and O–H groups in total. The highest BCUT2D eigenvalue weighted by molar-refractivity contribution is 5.84. The fourth-order valence-corrected chi connectivity index (χ4v) is 4.39. The van der Waals surface area contributed by atoms with Crippen LogP contribution in [0.25, 0.3) is 11.3 Å². The minimum atomic E-state index is -0.324. The molecule has 1 heteroatoms. The van der Waals surface area contributed by atoms with Gasteiger partial charge in [-0.3, -0.25) is 4.98 Å². The fraction of sp³-hybridized carbons (Fsp3) is 0.0800. The summed E-state index contributed by atoms with van der Waals surface area (Å²) in [6, 6.07) is 34.7. The molecule has 0 amide bonds. The van der Waals surface area contributed by atoms with Crippen molar-refractivity contribution in [2.75, 3.05) is 0 Å². The summed E-state index contributed by atoms with van der Waals surface area (Å²) in [6.45, 7) is 2.06. The molecule has 1 aliphatic carbocycles. The highest BCUT2D eigenvalue weighted by atomic mass is 14.7. The number of aryl methyl sites for hydroxylation is 1. The Bertz CT molecular complexity index is 1040. The van der Waals surface area contributed by atoms with E-state index in [-0.39, 0.29) is 5.41 Å². The Morgan fingerprint density at radius 3 is 1.81 bits per heavy atom. The summed E-state index contributed by atoms with van der Waals surface area (Å²) >= 11 is 0. The summed E-state index contributed by atoms with van der Waals surface area (Å²) in [5.74, 6) is 0. The van der Waals surface area contributed by atoms with Crippen LogP contribution >= 0.6 is 0 Å². The Labute approximate surface area is 154 Å². The second-order valence-corrected chi connectivity index (χ2v) is 6.88. The monoisotopic (exact) mass is 333 g/mol. The number of hydrogen-bond donors (Lipinski definition) is 0. The van der Waals surface area contributed by atoms with E-state index >= 15 is 0 Å². The highest BCUT2D eigenvalue weighted by Crippen LogP contribution is 2.55. The minimum absolute atomic E-state index is 0.324. The molecule has 0 spiro atoms. The third-order valence-electron chi connectivity index (χ3n) is 5.44. The normalized spacial score (nSPS) is 13.9. The lowest BCUT2D eigenvalue weighted by molar-refractivity contribution is 0.766. The number of hydrogen-bond acceptors (Lipinski definition) is 1. The number of aromatic nitrogens is 1. The summed E-state index contributed by atoms with van der Waals surface area (Å²) in [5.41, 5.74) is 8.20. The van der Waals surface area contributed by atoms with E-state index in [1.807, 2.05) is 0 Å². The van der Waals surface area contributed by atoms with Crippen molar-refractivity contribution >= 4 is 0 Å². The van der Waals surface area contributed by atoms with Gasteiger partial charge >= 0.3 is 0 Å².